The first-order chi connectivity index (χ1) is 4.84. The summed E-state index contributed by atoms with van der Waals surface area (Å²) in [6.45, 7) is 2.83. The quantitative estimate of drug-likeness (QED) is 0.662. The van der Waals surface area contributed by atoms with E-state index in [-0.39, 0.29) is 0 Å². The summed E-state index contributed by atoms with van der Waals surface area (Å²) < 4.78 is 5.08. The molecule has 1 aliphatic heterocycles. The maximum absolute atomic E-state index is 9.26. The van der Waals surface area contributed by atoms with Crippen LogP contribution < -0.4 is 0 Å². The first-order valence-corrected chi connectivity index (χ1v) is 4.80. The lowest BCUT2D eigenvalue weighted by Gasteiger charge is -2.26. The number of hydrogen-bond donors (Lipinski definition) is 1. The van der Waals surface area contributed by atoms with Crippen molar-refractivity contribution in [1.82, 2.24) is 0 Å². The number of aliphatic hydroxyl groups is 1. The van der Waals surface area contributed by atoms with Crippen molar-refractivity contribution < 1.29 is 9.84 Å². The van der Waals surface area contributed by atoms with Crippen LogP contribution in [-0.2, 0) is 4.74 Å². The molecule has 0 bridgehead atoms. The highest BCUT2D eigenvalue weighted by Crippen LogP contribution is 2.24. The lowest BCUT2D eigenvalue weighted by molar-refractivity contribution is -0.118. The molecule has 0 saturated carbocycles. The van der Waals surface area contributed by atoms with Gasteiger partial charge in [-0.25, -0.2) is 0 Å². The average molecular weight is 162 g/mol. The molecule has 0 radical (unpaired) electrons. The SMILES string of the molecule is CCSC1CCCOC1O. The van der Waals surface area contributed by atoms with Gasteiger partial charge in [-0.1, -0.05) is 6.92 Å². The molecule has 0 spiro atoms. The van der Waals surface area contributed by atoms with Gasteiger partial charge in [0.1, 0.15) is 0 Å². The summed E-state index contributed by atoms with van der Waals surface area (Å²) in [5, 5.41) is 9.58. The Bertz CT molecular complexity index is 95.6. The molecule has 0 aromatic rings. The monoisotopic (exact) mass is 162 g/mol. The van der Waals surface area contributed by atoms with Crippen LogP contribution in [0.3, 0.4) is 0 Å². The average Bonchev–Trinajstić information content (AvgIpc) is 1.94. The minimum absolute atomic E-state index is 0.318. The summed E-state index contributed by atoms with van der Waals surface area (Å²) in [5.41, 5.74) is 0. The Morgan fingerprint density at radius 2 is 2.50 bits per heavy atom. The molecule has 2 unspecified atom stereocenters. The Morgan fingerprint density at radius 3 is 3.10 bits per heavy atom. The second kappa shape index (κ2) is 4.21. The van der Waals surface area contributed by atoms with E-state index in [0.717, 1.165) is 25.2 Å². The largest absolute Gasteiger partial charge is 0.367 e. The Labute approximate surface area is 66.0 Å². The van der Waals surface area contributed by atoms with Gasteiger partial charge in [0.25, 0.3) is 0 Å². The zero-order valence-electron chi connectivity index (χ0n) is 6.25. The van der Waals surface area contributed by atoms with E-state index in [2.05, 4.69) is 6.92 Å². The van der Waals surface area contributed by atoms with Crippen LogP contribution in [-0.4, -0.2) is 29.0 Å². The molecule has 1 saturated heterocycles. The molecule has 3 heteroatoms. The van der Waals surface area contributed by atoms with Gasteiger partial charge in [0.05, 0.1) is 5.25 Å². The van der Waals surface area contributed by atoms with Gasteiger partial charge >= 0.3 is 0 Å². The molecule has 10 heavy (non-hydrogen) atoms. The van der Waals surface area contributed by atoms with Crippen LogP contribution in [0.4, 0.5) is 0 Å². The number of hydrogen-bond acceptors (Lipinski definition) is 3. The third-order valence-corrected chi connectivity index (χ3v) is 2.85. The van der Waals surface area contributed by atoms with Gasteiger partial charge in [0.15, 0.2) is 6.29 Å². The Balaban J connectivity index is 2.25. The first-order valence-electron chi connectivity index (χ1n) is 3.76. The summed E-state index contributed by atoms with van der Waals surface area (Å²) in [4.78, 5) is 0. The van der Waals surface area contributed by atoms with Crippen molar-refractivity contribution in [3.8, 4) is 0 Å². The second-order valence-corrected chi connectivity index (χ2v) is 3.91. The molecule has 0 amide bonds. The van der Waals surface area contributed by atoms with Crippen LogP contribution in [0.25, 0.3) is 0 Å². The fraction of sp³-hybridized carbons (Fsp3) is 1.00. The smallest absolute Gasteiger partial charge is 0.166 e. The summed E-state index contributed by atoms with van der Waals surface area (Å²) in [5.74, 6) is 1.06. The maximum atomic E-state index is 9.26. The predicted molar refractivity (Wildman–Crippen MR) is 43.1 cm³/mol. The van der Waals surface area contributed by atoms with Crippen molar-refractivity contribution in [2.24, 2.45) is 0 Å². The van der Waals surface area contributed by atoms with Gasteiger partial charge in [-0.15, -0.1) is 0 Å². The molecule has 0 aliphatic carbocycles. The third-order valence-electron chi connectivity index (χ3n) is 1.62. The molecule has 0 aromatic carbocycles. The van der Waals surface area contributed by atoms with Crippen molar-refractivity contribution in [3.63, 3.8) is 0 Å². The van der Waals surface area contributed by atoms with Crippen molar-refractivity contribution in [1.29, 1.82) is 0 Å². The number of aliphatic hydroxyl groups excluding tert-OH is 1. The minimum atomic E-state index is -0.515. The molecule has 60 valence electrons. The van der Waals surface area contributed by atoms with Gasteiger partial charge in [-0.3, -0.25) is 0 Å². The second-order valence-electron chi connectivity index (χ2n) is 2.40. The maximum Gasteiger partial charge on any atom is 0.166 e. The van der Waals surface area contributed by atoms with Crippen molar-refractivity contribution >= 4 is 11.8 Å². The van der Waals surface area contributed by atoms with Crippen LogP contribution >= 0.6 is 11.8 Å². The van der Waals surface area contributed by atoms with Gasteiger partial charge in [0, 0.05) is 6.61 Å². The third kappa shape index (κ3) is 2.15. The number of thioether (sulfide) groups is 1. The van der Waals surface area contributed by atoms with E-state index in [1.54, 1.807) is 11.8 Å². The molecule has 2 nitrogen and oxygen atoms in total. The van der Waals surface area contributed by atoms with Crippen LogP contribution in [0.1, 0.15) is 19.8 Å². The molecule has 2 atom stereocenters. The van der Waals surface area contributed by atoms with E-state index >= 15 is 0 Å². The topological polar surface area (TPSA) is 29.5 Å². The molecule has 1 fully saturated rings. The Morgan fingerprint density at radius 1 is 1.70 bits per heavy atom. The van der Waals surface area contributed by atoms with Crippen LogP contribution in [0.5, 0.6) is 0 Å². The van der Waals surface area contributed by atoms with E-state index in [1.165, 1.54) is 0 Å². The lowest BCUT2D eigenvalue weighted by Crippen LogP contribution is -2.31. The molecule has 1 N–H and O–H groups in total. The van der Waals surface area contributed by atoms with Crippen molar-refractivity contribution in [2.45, 2.75) is 31.3 Å². The number of rotatable bonds is 2. The van der Waals surface area contributed by atoms with Crippen molar-refractivity contribution in [2.75, 3.05) is 12.4 Å². The lowest BCUT2D eigenvalue weighted by atomic mass is 10.2. The highest BCUT2D eigenvalue weighted by molar-refractivity contribution is 7.99. The summed E-state index contributed by atoms with van der Waals surface area (Å²) in [7, 11) is 0. The van der Waals surface area contributed by atoms with E-state index in [0.29, 0.717) is 5.25 Å². The first kappa shape index (κ1) is 8.37. The fourth-order valence-electron chi connectivity index (χ4n) is 1.12. The van der Waals surface area contributed by atoms with E-state index in [4.69, 9.17) is 4.74 Å². The summed E-state index contributed by atoms with van der Waals surface area (Å²) >= 11 is 1.79. The van der Waals surface area contributed by atoms with Crippen LogP contribution in [0.15, 0.2) is 0 Å². The van der Waals surface area contributed by atoms with E-state index in [1.807, 2.05) is 0 Å². The Hall–Kier alpha value is 0.270. The molecular formula is C7H14O2S. The molecule has 1 aliphatic rings. The zero-order chi connectivity index (χ0) is 7.40. The fourth-order valence-corrected chi connectivity index (χ4v) is 2.12. The number of ether oxygens (including phenoxy) is 1. The van der Waals surface area contributed by atoms with E-state index in [9.17, 15) is 5.11 Å². The van der Waals surface area contributed by atoms with Crippen LogP contribution in [0, 0.1) is 0 Å². The Kier molecular flexibility index (Phi) is 3.52. The van der Waals surface area contributed by atoms with Gasteiger partial charge in [0.2, 0.25) is 0 Å². The van der Waals surface area contributed by atoms with Gasteiger partial charge < -0.3 is 9.84 Å². The van der Waals surface area contributed by atoms with Crippen molar-refractivity contribution in [3.05, 3.63) is 0 Å². The minimum Gasteiger partial charge on any atom is -0.367 e. The van der Waals surface area contributed by atoms with Gasteiger partial charge in [-0.2, -0.15) is 11.8 Å². The molecule has 0 aromatic heterocycles. The molecular weight excluding hydrogens is 148 g/mol. The zero-order valence-corrected chi connectivity index (χ0v) is 7.06. The highest BCUT2D eigenvalue weighted by atomic mass is 32.2. The summed E-state index contributed by atoms with van der Waals surface area (Å²) in [6, 6.07) is 0. The predicted octanol–water partition coefficient (Wildman–Crippen LogP) is 1.24. The van der Waals surface area contributed by atoms with E-state index < -0.39 is 6.29 Å². The molecule has 1 heterocycles. The van der Waals surface area contributed by atoms with Crippen LogP contribution in [0.2, 0.25) is 0 Å². The summed E-state index contributed by atoms with van der Waals surface area (Å²) in [6.07, 6.45) is 1.67. The highest BCUT2D eigenvalue weighted by Gasteiger charge is 2.22. The normalized spacial score (nSPS) is 34.2. The molecule has 1 rings (SSSR count). The van der Waals surface area contributed by atoms with Gasteiger partial charge in [-0.05, 0) is 18.6 Å². The standard InChI is InChI=1S/C7H14O2S/c1-2-10-6-4-3-5-9-7(6)8/h6-8H,2-5H2,1H3.